The molecule has 188 valence electrons. The number of rotatable bonds is 7. The molecule has 1 fully saturated rings. The molecule has 10 heteroatoms. The van der Waals surface area contributed by atoms with Gasteiger partial charge in [-0.1, -0.05) is 5.16 Å². The lowest BCUT2D eigenvalue weighted by atomic mass is 9.94. The Labute approximate surface area is 207 Å². The first-order valence-corrected chi connectivity index (χ1v) is 10.9. The standard InChI is InChI=1S/C26H26N2O8/c1-13-9-15(7-8-17(13)32-3)23(29)21-22(16-11-18(33-4)25(35-6)19(12-16)34-5)28(26(31)24(21)30)20-10-14(2)36-27-20/h7-12,22,29H,1-6H3/b23-21+. The predicted octanol–water partition coefficient (Wildman–Crippen LogP) is 3.95. The molecule has 0 aliphatic carbocycles. The van der Waals surface area contributed by atoms with Crippen molar-refractivity contribution in [3.05, 3.63) is 64.4 Å². The maximum atomic E-state index is 13.4. The lowest BCUT2D eigenvalue weighted by molar-refractivity contribution is -0.132. The molecule has 1 saturated heterocycles. The van der Waals surface area contributed by atoms with Gasteiger partial charge in [-0.15, -0.1) is 0 Å². The number of Topliss-reactive ketones (excluding diaryl/α,β-unsaturated/α-hetero) is 1. The summed E-state index contributed by atoms with van der Waals surface area (Å²) in [5.74, 6) is 0.0626. The van der Waals surface area contributed by atoms with E-state index in [0.717, 1.165) is 5.56 Å². The minimum Gasteiger partial charge on any atom is -0.507 e. The summed E-state index contributed by atoms with van der Waals surface area (Å²) in [6.45, 7) is 3.48. The molecule has 0 bridgehead atoms. The molecule has 36 heavy (non-hydrogen) atoms. The number of carbonyl (C=O) groups is 2. The second-order valence-electron chi connectivity index (χ2n) is 8.11. The first-order chi connectivity index (χ1) is 17.2. The summed E-state index contributed by atoms with van der Waals surface area (Å²) in [7, 11) is 5.92. The molecular weight excluding hydrogens is 468 g/mol. The molecule has 0 spiro atoms. The molecule has 4 rings (SSSR count). The Hall–Kier alpha value is -4.47. The molecule has 1 unspecified atom stereocenters. The van der Waals surface area contributed by atoms with Gasteiger partial charge in [0.1, 0.15) is 17.3 Å². The fourth-order valence-corrected chi connectivity index (χ4v) is 4.29. The van der Waals surface area contributed by atoms with Crippen LogP contribution >= 0.6 is 0 Å². The summed E-state index contributed by atoms with van der Waals surface area (Å²) in [6, 6.07) is 8.67. The van der Waals surface area contributed by atoms with Crippen LogP contribution in [0.4, 0.5) is 5.82 Å². The molecule has 1 aromatic heterocycles. The second-order valence-corrected chi connectivity index (χ2v) is 8.11. The number of methoxy groups -OCH3 is 4. The Balaban J connectivity index is 2.00. The zero-order chi connectivity index (χ0) is 26.1. The molecule has 1 amide bonds. The second kappa shape index (κ2) is 9.65. The van der Waals surface area contributed by atoms with Gasteiger partial charge in [0.2, 0.25) is 5.75 Å². The van der Waals surface area contributed by atoms with E-state index in [1.54, 1.807) is 37.3 Å². The van der Waals surface area contributed by atoms with Crippen molar-refractivity contribution in [1.82, 2.24) is 5.16 Å². The van der Waals surface area contributed by atoms with Crippen LogP contribution in [-0.2, 0) is 9.59 Å². The summed E-state index contributed by atoms with van der Waals surface area (Å²) in [5, 5.41) is 15.3. The topological polar surface area (TPSA) is 121 Å². The number of aromatic nitrogens is 1. The summed E-state index contributed by atoms with van der Waals surface area (Å²) in [4.78, 5) is 27.8. The van der Waals surface area contributed by atoms with Gasteiger partial charge in [0, 0.05) is 11.6 Å². The van der Waals surface area contributed by atoms with Crippen molar-refractivity contribution in [3.63, 3.8) is 0 Å². The molecule has 1 N–H and O–H groups in total. The average Bonchev–Trinajstić information content (AvgIpc) is 3.42. The monoisotopic (exact) mass is 494 g/mol. The number of ether oxygens (including phenoxy) is 4. The van der Waals surface area contributed by atoms with Gasteiger partial charge in [-0.3, -0.25) is 14.5 Å². The van der Waals surface area contributed by atoms with Crippen LogP contribution in [0.1, 0.15) is 28.5 Å². The van der Waals surface area contributed by atoms with Crippen LogP contribution in [-0.4, -0.2) is 50.4 Å². The van der Waals surface area contributed by atoms with E-state index in [2.05, 4.69) is 5.16 Å². The van der Waals surface area contributed by atoms with Gasteiger partial charge in [-0.2, -0.15) is 0 Å². The van der Waals surface area contributed by atoms with E-state index in [0.29, 0.717) is 39.9 Å². The van der Waals surface area contributed by atoms with Gasteiger partial charge in [0.05, 0.1) is 40.1 Å². The molecule has 0 radical (unpaired) electrons. The number of hydrogen-bond acceptors (Lipinski definition) is 9. The highest BCUT2D eigenvalue weighted by molar-refractivity contribution is 6.51. The van der Waals surface area contributed by atoms with E-state index in [1.807, 2.05) is 6.92 Å². The third kappa shape index (κ3) is 4.00. The summed E-state index contributed by atoms with van der Waals surface area (Å²) in [6.07, 6.45) is 0. The van der Waals surface area contributed by atoms with Crippen LogP contribution in [0.15, 0.2) is 46.5 Å². The number of benzene rings is 2. The Kier molecular flexibility index (Phi) is 6.61. The fraction of sp³-hybridized carbons (Fsp3) is 0.269. The first kappa shape index (κ1) is 24.6. The molecule has 0 saturated carbocycles. The number of amides is 1. The van der Waals surface area contributed by atoms with Crippen molar-refractivity contribution in [1.29, 1.82) is 0 Å². The summed E-state index contributed by atoms with van der Waals surface area (Å²) in [5.41, 5.74) is 1.39. The quantitative estimate of drug-likeness (QED) is 0.296. The number of aryl methyl sites for hydroxylation is 2. The zero-order valence-electron chi connectivity index (χ0n) is 20.7. The number of carbonyl (C=O) groups excluding carboxylic acids is 2. The molecule has 2 aromatic carbocycles. The van der Waals surface area contributed by atoms with E-state index in [4.69, 9.17) is 23.5 Å². The summed E-state index contributed by atoms with van der Waals surface area (Å²) < 4.78 is 26.8. The van der Waals surface area contributed by atoms with E-state index in [9.17, 15) is 14.7 Å². The molecule has 1 atom stereocenters. The van der Waals surface area contributed by atoms with Crippen molar-refractivity contribution >= 4 is 23.3 Å². The smallest absolute Gasteiger partial charge is 0.301 e. The predicted molar refractivity (Wildman–Crippen MR) is 130 cm³/mol. The Morgan fingerprint density at radius 2 is 1.56 bits per heavy atom. The summed E-state index contributed by atoms with van der Waals surface area (Å²) >= 11 is 0. The maximum absolute atomic E-state index is 13.4. The fourth-order valence-electron chi connectivity index (χ4n) is 4.29. The van der Waals surface area contributed by atoms with Crippen LogP contribution in [0.25, 0.3) is 5.76 Å². The van der Waals surface area contributed by atoms with E-state index in [1.165, 1.54) is 39.4 Å². The van der Waals surface area contributed by atoms with Gasteiger partial charge in [-0.25, -0.2) is 0 Å². The minimum absolute atomic E-state index is 0.123. The number of hydrogen-bond donors (Lipinski definition) is 1. The van der Waals surface area contributed by atoms with Gasteiger partial charge < -0.3 is 28.6 Å². The van der Waals surface area contributed by atoms with Crippen LogP contribution < -0.4 is 23.8 Å². The van der Waals surface area contributed by atoms with E-state index >= 15 is 0 Å². The van der Waals surface area contributed by atoms with Crippen molar-refractivity contribution < 1.29 is 38.2 Å². The van der Waals surface area contributed by atoms with Gasteiger partial charge in [0.15, 0.2) is 17.3 Å². The lowest BCUT2D eigenvalue weighted by Gasteiger charge is -2.24. The van der Waals surface area contributed by atoms with Crippen molar-refractivity contribution in [2.45, 2.75) is 19.9 Å². The normalized spacial score (nSPS) is 16.8. The highest BCUT2D eigenvalue weighted by atomic mass is 16.5. The maximum Gasteiger partial charge on any atom is 0.301 e. The van der Waals surface area contributed by atoms with Crippen LogP contribution in [0.5, 0.6) is 23.0 Å². The largest absolute Gasteiger partial charge is 0.507 e. The van der Waals surface area contributed by atoms with Crippen molar-refractivity contribution in [2.75, 3.05) is 33.3 Å². The Morgan fingerprint density at radius 1 is 0.917 bits per heavy atom. The van der Waals surface area contributed by atoms with E-state index < -0.39 is 17.7 Å². The SMILES string of the molecule is COc1ccc(/C(O)=C2\C(=O)C(=O)N(c3cc(C)on3)C2c2cc(OC)c(OC)c(OC)c2)cc1C. The molecule has 3 aromatic rings. The Morgan fingerprint density at radius 3 is 2.06 bits per heavy atom. The van der Waals surface area contributed by atoms with Crippen LogP contribution in [0.3, 0.4) is 0 Å². The van der Waals surface area contributed by atoms with E-state index in [-0.39, 0.29) is 17.2 Å². The number of nitrogens with zero attached hydrogens (tertiary/aromatic N) is 2. The van der Waals surface area contributed by atoms with Crippen LogP contribution in [0, 0.1) is 13.8 Å². The number of anilines is 1. The lowest BCUT2D eigenvalue weighted by Crippen LogP contribution is -2.29. The molecule has 1 aliphatic heterocycles. The first-order valence-electron chi connectivity index (χ1n) is 10.9. The number of aliphatic hydroxyl groups is 1. The molecule has 10 nitrogen and oxygen atoms in total. The minimum atomic E-state index is -1.06. The van der Waals surface area contributed by atoms with Crippen LogP contribution in [0.2, 0.25) is 0 Å². The molecular formula is C26H26N2O8. The van der Waals surface area contributed by atoms with Crippen molar-refractivity contribution in [2.24, 2.45) is 0 Å². The van der Waals surface area contributed by atoms with Crippen molar-refractivity contribution in [3.8, 4) is 23.0 Å². The van der Waals surface area contributed by atoms with Gasteiger partial charge in [-0.05, 0) is 55.3 Å². The highest BCUT2D eigenvalue weighted by Gasteiger charge is 2.48. The zero-order valence-corrected chi connectivity index (χ0v) is 20.7. The highest BCUT2D eigenvalue weighted by Crippen LogP contribution is 2.47. The third-order valence-electron chi connectivity index (χ3n) is 5.98. The van der Waals surface area contributed by atoms with Gasteiger partial charge in [0.25, 0.3) is 5.78 Å². The number of aliphatic hydroxyl groups excluding tert-OH is 1. The average molecular weight is 495 g/mol. The molecule has 1 aliphatic rings. The Bertz CT molecular complexity index is 1350. The number of ketones is 1. The molecule has 2 heterocycles. The third-order valence-corrected chi connectivity index (χ3v) is 5.98. The van der Waals surface area contributed by atoms with Gasteiger partial charge >= 0.3 is 5.91 Å².